The minimum absolute atomic E-state index is 0.0662. The molecular formula is C21H23N3O3S. The Kier molecular flexibility index (Phi) is 5.43. The summed E-state index contributed by atoms with van der Waals surface area (Å²) in [5.74, 6) is 1.82. The molecule has 1 atom stereocenters. The maximum Gasteiger partial charge on any atom is 0.258 e. The molecule has 0 fully saturated rings. The first-order chi connectivity index (χ1) is 13.6. The third-order valence-corrected chi connectivity index (χ3v) is 6.21. The van der Waals surface area contributed by atoms with Gasteiger partial charge in [0.05, 0.1) is 12.5 Å². The normalized spacial score (nSPS) is 15.9. The van der Waals surface area contributed by atoms with Gasteiger partial charge in [0.15, 0.2) is 6.61 Å². The van der Waals surface area contributed by atoms with Crippen LogP contribution in [0, 0.1) is 5.92 Å². The molecule has 2 aromatic heterocycles. The van der Waals surface area contributed by atoms with Gasteiger partial charge in [-0.05, 0) is 48.4 Å². The van der Waals surface area contributed by atoms with Crippen LogP contribution >= 0.6 is 11.3 Å². The highest BCUT2D eigenvalue weighted by molar-refractivity contribution is 7.18. The van der Waals surface area contributed by atoms with Crippen molar-refractivity contribution < 1.29 is 14.3 Å². The highest BCUT2D eigenvalue weighted by Gasteiger charge is 2.23. The molecule has 3 aromatic rings. The number of nitrogens with one attached hydrogen (secondary N) is 1. The van der Waals surface area contributed by atoms with E-state index in [1.165, 1.54) is 16.8 Å². The minimum Gasteiger partial charge on any atom is -0.497 e. The predicted octanol–water partition coefficient (Wildman–Crippen LogP) is 3.52. The monoisotopic (exact) mass is 397 g/mol. The predicted molar refractivity (Wildman–Crippen MR) is 109 cm³/mol. The van der Waals surface area contributed by atoms with E-state index in [0.717, 1.165) is 40.8 Å². The molecule has 1 amide bonds. The molecule has 0 saturated heterocycles. The van der Waals surface area contributed by atoms with Gasteiger partial charge in [0.25, 0.3) is 5.91 Å². The Balaban J connectivity index is 1.40. The molecule has 1 N–H and O–H groups in total. The van der Waals surface area contributed by atoms with E-state index in [-0.39, 0.29) is 12.5 Å². The number of carbonyl (C=O) groups is 1. The Morgan fingerprint density at radius 2 is 2.11 bits per heavy atom. The van der Waals surface area contributed by atoms with Crippen molar-refractivity contribution in [3.63, 3.8) is 0 Å². The topological polar surface area (TPSA) is 73.3 Å². The summed E-state index contributed by atoms with van der Waals surface area (Å²) < 4.78 is 10.9. The Morgan fingerprint density at radius 1 is 1.29 bits per heavy atom. The summed E-state index contributed by atoms with van der Waals surface area (Å²) in [4.78, 5) is 23.2. The van der Waals surface area contributed by atoms with Gasteiger partial charge in [0.1, 0.15) is 16.9 Å². The standard InChI is InChI=1S/C21H23N3O3S/c1-13-3-8-16-17(9-13)28-21-19(16)20(23-12-24-21)27-11-18(25)22-10-14-4-6-15(26-2)7-5-14/h4-7,12-13H,3,8-11H2,1-2H3,(H,22,25). The number of hydrogen-bond donors (Lipinski definition) is 1. The summed E-state index contributed by atoms with van der Waals surface area (Å²) in [7, 11) is 1.63. The lowest BCUT2D eigenvalue weighted by Gasteiger charge is -2.18. The lowest BCUT2D eigenvalue weighted by Crippen LogP contribution is -2.28. The highest BCUT2D eigenvalue weighted by atomic mass is 32.1. The summed E-state index contributed by atoms with van der Waals surface area (Å²) in [5, 5.41) is 3.85. The number of aromatic nitrogens is 2. The quantitative estimate of drug-likeness (QED) is 0.689. The fourth-order valence-corrected chi connectivity index (χ4v) is 4.83. The van der Waals surface area contributed by atoms with E-state index in [2.05, 4.69) is 22.2 Å². The average Bonchev–Trinajstić information content (AvgIpc) is 3.09. The summed E-state index contributed by atoms with van der Waals surface area (Å²) in [6.45, 7) is 2.66. The fourth-order valence-electron chi connectivity index (χ4n) is 3.48. The molecule has 1 aliphatic carbocycles. The number of nitrogens with zero attached hydrogens (tertiary/aromatic N) is 2. The van der Waals surface area contributed by atoms with E-state index in [0.29, 0.717) is 18.3 Å². The molecule has 1 unspecified atom stereocenters. The van der Waals surface area contributed by atoms with Crippen LogP contribution in [0.1, 0.15) is 29.3 Å². The minimum atomic E-state index is -0.180. The molecule has 0 bridgehead atoms. The van der Waals surface area contributed by atoms with Gasteiger partial charge in [-0.3, -0.25) is 4.79 Å². The smallest absolute Gasteiger partial charge is 0.258 e. The van der Waals surface area contributed by atoms with Gasteiger partial charge in [-0.25, -0.2) is 9.97 Å². The number of hydrogen-bond acceptors (Lipinski definition) is 6. The third kappa shape index (κ3) is 3.94. The molecule has 146 valence electrons. The number of methoxy groups -OCH3 is 1. The van der Waals surface area contributed by atoms with Crippen LogP contribution < -0.4 is 14.8 Å². The van der Waals surface area contributed by atoms with Gasteiger partial charge in [0, 0.05) is 11.4 Å². The number of benzene rings is 1. The number of aryl methyl sites for hydroxylation is 1. The van der Waals surface area contributed by atoms with Crippen molar-refractivity contribution in [2.45, 2.75) is 32.7 Å². The van der Waals surface area contributed by atoms with Crippen molar-refractivity contribution in [1.29, 1.82) is 0 Å². The van der Waals surface area contributed by atoms with E-state index in [1.54, 1.807) is 18.4 Å². The Bertz CT molecular complexity index is 984. The van der Waals surface area contributed by atoms with Crippen molar-refractivity contribution >= 4 is 27.5 Å². The van der Waals surface area contributed by atoms with Crippen LogP contribution in [-0.2, 0) is 24.2 Å². The van der Waals surface area contributed by atoms with Crippen molar-refractivity contribution in [1.82, 2.24) is 15.3 Å². The average molecular weight is 398 g/mol. The van der Waals surface area contributed by atoms with Crippen molar-refractivity contribution in [2.24, 2.45) is 5.92 Å². The molecule has 0 aliphatic heterocycles. The molecule has 2 heterocycles. The second kappa shape index (κ2) is 8.14. The van der Waals surface area contributed by atoms with E-state index in [1.807, 2.05) is 24.3 Å². The first kappa shape index (κ1) is 18.7. The van der Waals surface area contributed by atoms with Crippen LogP contribution in [0.25, 0.3) is 10.2 Å². The maximum atomic E-state index is 12.2. The second-order valence-electron chi connectivity index (χ2n) is 7.12. The molecule has 1 aliphatic rings. The molecule has 1 aromatic carbocycles. The number of rotatable bonds is 6. The summed E-state index contributed by atoms with van der Waals surface area (Å²) >= 11 is 1.72. The molecule has 6 nitrogen and oxygen atoms in total. The number of thiophene rings is 1. The van der Waals surface area contributed by atoms with Crippen LogP contribution in [-0.4, -0.2) is 29.6 Å². The number of carbonyl (C=O) groups excluding carboxylic acids is 1. The second-order valence-corrected chi connectivity index (χ2v) is 8.21. The van der Waals surface area contributed by atoms with Gasteiger partial charge in [-0.15, -0.1) is 11.3 Å². The molecule has 0 radical (unpaired) electrons. The summed E-state index contributed by atoms with van der Waals surface area (Å²) in [6, 6.07) is 7.59. The highest BCUT2D eigenvalue weighted by Crippen LogP contribution is 2.40. The number of ether oxygens (including phenoxy) is 2. The molecule has 7 heteroatoms. The zero-order chi connectivity index (χ0) is 19.5. The van der Waals surface area contributed by atoms with Crippen molar-refractivity contribution in [3.8, 4) is 11.6 Å². The van der Waals surface area contributed by atoms with Gasteiger partial charge in [-0.1, -0.05) is 19.1 Å². The van der Waals surface area contributed by atoms with Gasteiger partial charge in [-0.2, -0.15) is 0 Å². The Labute approximate surface area is 167 Å². The Hall–Kier alpha value is -2.67. The van der Waals surface area contributed by atoms with Crippen LogP contribution in [0.2, 0.25) is 0 Å². The Morgan fingerprint density at radius 3 is 2.89 bits per heavy atom. The molecule has 0 saturated carbocycles. The maximum absolute atomic E-state index is 12.2. The molecule has 4 rings (SSSR count). The van der Waals surface area contributed by atoms with Crippen LogP contribution in [0.5, 0.6) is 11.6 Å². The van der Waals surface area contributed by atoms with Crippen molar-refractivity contribution in [3.05, 3.63) is 46.6 Å². The van der Waals surface area contributed by atoms with E-state index in [9.17, 15) is 4.79 Å². The van der Waals surface area contributed by atoms with E-state index >= 15 is 0 Å². The van der Waals surface area contributed by atoms with Gasteiger partial charge < -0.3 is 14.8 Å². The number of amides is 1. The zero-order valence-corrected chi connectivity index (χ0v) is 16.8. The number of fused-ring (bicyclic) bond motifs is 3. The van der Waals surface area contributed by atoms with Gasteiger partial charge in [0.2, 0.25) is 5.88 Å². The third-order valence-electron chi connectivity index (χ3n) is 5.05. The lowest BCUT2D eigenvalue weighted by molar-refractivity contribution is -0.123. The molecular weight excluding hydrogens is 374 g/mol. The zero-order valence-electron chi connectivity index (χ0n) is 16.0. The largest absolute Gasteiger partial charge is 0.497 e. The first-order valence-electron chi connectivity index (χ1n) is 9.41. The van der Waals surface area contributed by atoms with Crippen LogP contribution in [0.3, 0.4) is 0 Å². The van der Waals surface area contributed by atoms with E-state index < -0.39 is 0 Å². The van der Waals surface area contributed by atoms with Gasteiger partial charge >= 0.3 is 0 Å². The first-order valence-corrected chi connectivity index (χ1v) is 10.2. The van der Waals surface area contributed by atoms with Crippen LogP contribution in [0.4, 0.5) is 0 Å². The van der Waals surface area contributed by atoms with E-state index in [4.69, 9.17) is 9.47 Å². The van der Waals surface area contributed by atoms with Crippen molar-refractivity contribution in [2.75, 3.05) is 13.7 Å². The molecule has 0 spiro atoms. The summed E-state index contributed by atoms with van der Waals surface area (Å²) in [6.07, 6.45) is 4.77. The fraction of sp³-hybridized carbons (Fsp3) is 0.381. The SMILES string of the molecule is COc1ccc(CNC(=O)COc2ncnc3sc4c(c23)CCC(C)C4)cc1. The molecule has 28 heavy (non-hydrogen) atoms. The lowest BCUT2D eigenvalue weighted by atomic mass is 9.89. The summed E-state index contributed by atoms with van der Waals surface area (Å²) in [5.41, 5.74) is 2.30. The van der Waals surface area contributed by atoms with Crippen LogP contribution in [0.15, 0.2) is 30.6 Å².